The number of rotatable bonds is 2. The molecule has 0 saturated carbocycles. The number of hydrogen-bond acceptors (Lipinski definition) is 3. The molecular weight excluding hydrogens is 182 g/mol. The van der Waals surface area contributed by atoms with Gasteiger partial charge >= 0.3 is 0 Å². The summed E-state index contributed by atoms with van der Waals surface area (Å²) in [6.45, 7) is 1.83. The second kappa shape index (κ2) is 4.26. The van der Waals surface area contributed by atoms with Gasteiger partial charge < -0.3 is 20.4 Å². The van der Waals surface area contributed by atoms with Crippen LogP contribution in [-0.2, 0) is 9.53 Å². The second-order valence-corrected chi connectivity index (χ2v) is 3.15. The van der Waals surface area contributed by atoms with Crippen molar-refractivity contribution in [1.29, 1.82) is 0 Å². The van der Waals surface area contributed by atoms with Crippen molar-refractivity contribution in [3.05, 3.63) is 18.3 Å². The van der Waals surface area contributed by atoms with E-state index in [2.05, 4.69) is 15.6 Å². The highest BCUT2D eigenvalue weighted by Gasteiger charge is 2.20. The summed E-state index contributed by atoms with van der Waals surface area (Å²) < 4.78 is 5.19. The van der Waals surface area contributed by atoms with E-state index < -0.39 is 0 Å². The molecule has 0 bridgehead atoms. The number of carbonyl (C=O) groups is 1. The molecule has 5 heteroatoms. The first-order valence-corrected chi connectivity index (χ1v) is 4.61. The number of carbonyl (C=O) groups excluding carboxylic acids is 1. The van der Waals surface area contributed by atoms with E-state index >= 15 is 0 Å². The Bertz CT molecular complexity index is 291. The number of aromatic nitrogens is 1. The van der Waals surface area contributed by atoms with Crippen LogP contribution in [0.2, 0.25) is 0 Å². The quantitative estimate of drug-likeness (QED) is 0.619. The number of amides is 1. The lowest BCUT2D eigenvalue weighted by atomic mass is 10.2. The summed E-state index contributed by atoms with van der Waals surface area (Å²) in [5, 5.41) is 5.83. The highest BCUT2D eigenvalue weighted by Crippen LogP contribution is 2.03. The largest absolute Gasteiger partial charge is 0.378 e. The van der Waals surface area contributed by atoms with E-state index in [0.717, 1.165) is 6.54 Å². The molecule has 5 nitrogen and oxygen atoms in total. The summed E-state index contributed by atoms with van der Waals surface area (Å²) >= 11 is 0. The molecule has 1 aliphatic rings. The van der Waals surface area contributed by atoms with Gasteiger partial charge in [0, 0.05) is 12.7 Å². The van der Waals surface area contributed by atoms with Crippen LogP contribution in [0.25, 0.3) is 0 Å². The van der Waals surface area contributed by atoms with Crippen LogP contribution in [0, 0.1) is 0 Å². The van der Waals surface area contributed by atoms with Gasteiger partial charge in [0.25, 0.3) is 0 Å². The number of anilines is 1. The zero-order valence-corrected chi connectivity index (χ0v) is 7.75. The average molecular weight is 195 g/mol. The lowest BCUT2D eigenvalue weighted by Gasteiger charge is -2.22. The molecule has 1 aromatic rings. The van der Waals surface area contributed by atoms with Crippen molar-refractivity contribution in [3.63, 3.8) is 0 Å². The molecule has 14 heavy (non-hydrogen) atoms. The summed E-state index contributed by atoms with van der Waals surface area (Å²) in [5.41, 5.74) is 0. The number of morpholine rings is 1. The van der Waals surface area contributed by atoms with Gasteiger partial charge in [0.15, 0.2) is 0 Å². The first-order chi connectivity index (χ1) is 6.86. The second-order valence-electron chi connectivity index (χ2n) is 3.15. The summed E-state index contributed by atoms with van der Waals surface area (Å²) in [6.07, 6.45) is 1.76. The van der Waals surface area contributed by atoms with Crippen LogP contribution in [0.3, 0.4) is 0 Å². The molecule has 1 atom stereocenters. The molecular formula is C9H13N3O2. The van der Waals surface area contributed by atoms with Gasteiger partial charge in [0.2, 0.25) is 5.91 Å². The van der Waals surface area contributed by atoms with E-state index in [4.69, 9.17) is 4.74 Å². The van der Waals surface area contributed by atoms with E-state index in [-0.39, 0.29) is 11.9 Å². The maximum atomic E-state index is 11.6. The Kier molecular flexibility index (Phi) is 2.81. The molecule has 76 valence electrons. The predicted octanol–water partition coefficient (Wildman–Crippen LogP) is -0.0584. The number of H-pyrrole nitrogens is 1. The van der Waals surface area contributed by atoms with Crippen molar-refractivity contribution in [2.45, 2.75) is 6.04 Å². The average Bonchev–Trinajstić information content (AvgIpc) is 2.72. The fourth-order valence-electron chi connectivity index (χ4n) is 1.36. The predicted molar refractivity (Wildman–Crippen MR) is 52.0 cm³/mol. The summed E-state index contributed by atoms with van der Waals surface area (Å²) in [5.74, 6) is 0.648. The highest BCUT2D eigenvalue weighted by atomic mass is 16.5. The summed E-state index contributed by atoms with van der Waals surface area (Å²) in [6, 6.07) is 3.40. The fourth-order valence-corrected chi connectivity index (χ4v) is 1.36. The minimum absolute atomic E-state index is 0.0628. The van der Waals surface area contributed by atoms with Gasteiger partial charge in [-0.05, 0) is 12.1 Å². The first-order valence-electron chi connectivity index (χ1n) is 4.61. The van der Waals surface area contributed by atoms with Gasteiger partial charge in [-0.25, -0.2) is 0 Å². The molecule has 1 aliphatic heterocycles. The van der Waals surface area contributed by atoms with Gasteiger partial charge in [0.1, 0.15) is 11.9 Å². The Hall–Kier alpha value is -1.33. The SMILES string of the molecule is O=C(Nc1ccc[nH]1)C1COCCN1. The van der Waals surface area contributed by atoms with Crippen molar-refractivity contribution >= 4 is 11.7 Å². The minimum Gasteiger partial charge on any atom is -0.378 e. The molecule has 3 N–H and O–H groups in total. The summed E-state index contributed by atoms with van der Waals surface area (Å²) in [7, 11) is 0. The first kappa shape index (κ1) is 9.23. The van der Waals surface area contributed by atoms with Crippen LogP contribution in [0.1, 0.15) is 0 Å². The Morgan fingerprint density at radius 2 is 2.57 bits per heavy atom. The maximum absolute atomic E-state index is 11.6. The topological polar surface area (TPSA) is 66.2 Å². The summed E-state index contributed by atoms with van der Waals surface area (Å²) in [4.78, 5) is 14.5. The third-order valence-corrected chi connectivity index (χ3v) is 2.09. The van der Waals surface area contributed by atoms with Crippen LogP contribution in [0.15, 0.2) is 18.3 Å². The van der Waals surface area contributed by atoms with Crippen molar-refractivity contribution in [1.82, 2.24) is 10.3 Å². The minimum atomic E-state index is -0.243. The van der Waals surface area contributed by atoms with Crippen LogP contribution in [-0.4, -0.2) is 36.7 Å². The fraction of sp³-hybridized carbons (Fsp3) is 0.444. The molecule has 1 fully saturated rings. The lowest BCUT2D eigenvalue weighted by Crippen LogP contribution is -2.48. The monoisotopic (exact) mass is 195 g/mol. The normalized spacial score (nSPS) is 21.9. The third kappa shape index (κ3) is 2.12. The molecule has 1 unspecified atom stereocenters. The molecule has 2 rings (SSSR count). The van der Waals surface area contributed by atoms with Crippen LogP contribution < -0.4 is 10.6 Å². The van der Waals surface area contributed by atoms with Crippen molar-refractivity contribution in [2.75, 3.05) is 25.1 Å². The van der Waals surface area contributed by atoms with Gasteiger partial charge in [-0.1, -0.05) is 0 Å². The molecule has 1 amide bonds. The molecule has 0 radical (unpaired) electrons. The van der Waals surface area contributed by atoms with Gasteiger partial charge in [-0.2, -0.15) is 0 Å². The van der Waals surface area contributed by atoms with E-state index in [9.17, 15) is 4.79 Å². The zero-order valence-electron chi connectivity index (χ0n) is 7.75. The van der Waals surface area contributed by atoms with Crippen LogP contribution >= 0.6 is 0 Å². The van der Waals surface area contributed by atoms with Crippen molar-refractivity contribution in [2.24, 2.45) is 0 Å². The Labute approximate surface area is 81.8 Å². The van der Waals surface area contributed by atoms with Gasteiger partial charge in [0.05, 0.1) is 13.2 Å². The molecule has 0 spiro atoms. The van der Waals surface area contributed by atoms with Crippen molar-refractivity contribution < 1.29 is 9.53 Å². The highest BCUT2D eigenvalue weighted by molar-refractivity contribution is 5.94. The Morgan fingerprint density at radius 1 is 1.64 bits per heavy atom. The molecule has 1 aromatic heterocycles. The van der Waals surface area contributed by atoms with E-state index in [1.165, 1.54) is 0 Å². The number of aromatic amines is 1. The van der Waals surface area contributed by atoms with E-state index in [0.29, 0.717) is 19.0 Å². The van der Waals surface area contributed by atoms with Gasteiger partial charge in [-0.3, -0.25) is 4.79 Å². The Morgan fingerprint density at radius 3 is 3.21 bits per heavy atom. The third-order valence-electron chi connectivity index (χ3n) is 2.09. The molecule has 2 heterocycles. The van der Waals surface area contributed by atoms with Gasteiger partial charge in [-0.15, -0.1) is 0 Å². The standard InChI is InChI=1S/C9H13N3O2/c13-9(7-6-14-5-4-10-7)12-8-2-1-3-11-8/h1-3,7,10-11H,4-6H2,(H,12,13). The lowest BCUT2D eigenvalue weighted by molar-refractivity contribution is -0.120. The molecule has 0 aliphatic carbocycles. The Balaban J connectivity index is 1.88. The van der Waals surface area contributed by atoms with Crippen LogP contribution in [0.5, 0.6) is 0 Å². The van der Waals surface area contributed by atoms with Crippen LogP contribution in [0.4, 0.5) is 5.82 Å². The zero-order chi connectivity index (χ0) is 9.80. The van der Waals surface area contributed by atoms with E-state index in [1.807, 2.05) is 12.1 Å². The number of nitrogens with one attached hydrogen (secondary N) is 3. The van der Waals surface area contributed by atoms with E-state index in [1.54, 1.807) is 6.20 Å². The molecule has 0 aromatic carbocycles. The van der Waals surface area contributed by atoms with Crippen molar-refractivity contribution in [3.8, 4) is 0 Å². The maximum Gasteiger partial charge on any atom is 0.245 e. The number of hydrogen-bond donors (Lipinski definition) is 3. The number of ether oxygens (including phenoxy) is 1. The molecule has 1 saturated heterocycles. The smallest absolute Gasteiger partial charge is 0.245 e.